The molecule has 1 heterocycles. The summed E-state index contributed by atoms with van der Waals surface area (Å²) in [5.41, 5.74) is 0.233. The van der Waals surface area contributed by atoms with Gasteiger partial charge < -0.3 is 5.32 Å². The first-order valence-corrected chi connectivity index (χ1v) is 4.81. The van der Waals surface area contributed by atoms with Crippen molar-refractivity contribution >= 4 is 11.6 Å². The van der Waals surface area contributed by atoms with Crippen LogP contribution < -0.4 is 5.32 Å². The summed E-state index contributed by atoms with van der Waals surface area (Å²) in [7, 11) is 1.69. The van der Waals surface area contributed by atoms with Crippen LogP contribution in [0.5, 0.6) is 0 Å². The number of nitrogens with zero attached hydrogens (tertiary/aromatic N) is 2. The van der Waals surface area contributed by atoms with Crippen LogP contribution in [-0.4, -0.2) is 15.7 Å². The molecule has 0 saturated heterocycles. The molecule has 0 bridgehead atoms. The van der Waals surface area contributed by atoms with Gasteiger partial charge in [-0.3, -0.25) is 9.48 Å². The number of carbonyl (C=O) groups excluding carboxylic acids is 1. The van der Waals surface area contributed by atoms with Crippen LogP contribution in [0.4, 0.5) is 14.5 Å². The van der Waals surface area contributed by atoms with Crippen LogP contribution in [0.25, 0.3) is 0 Å². The third-order valence-electron chi connectivity index (χ3n) is 2.14. The predicted molar refractivity (Wildman–Crippen MR) is 57.5 cm³/mol. The normalized spacial score (nSPS) is 10.3. The smallest absolute Gasteiger partial charge is 0.258 e. The molecule has 1 aromatic carbocycles. The molecular weight excluding hydrogens is 228 g/mol. The summed E-state index contributed by atoms with van der Waals surface area (Å²) in [6.07, 6.45) is 3.00. The highest BCUT2D eigenvalue weighted by molar-refractivity contribution is 6.04. The molecule has 2 aromatic rings. The Morgan fingerprint density at radius 3 is 2.76 bits per heavy atom. The van der Waals surface area contributed by atoms with E-state index in [2.05, 4.69) is 10.4 Å². The molecule has 1 amide bonds. The van der Waals surface area contributed by atoms with Crippen LogP contribution in [-0.2, 0) is 7.05 Å². The molecule has 0 fully saturated rings. The summed E-state index contributed by atoms with van der Waals surface area (Å²) >= 11 is 0. The second kappa shape index (κ2) is 4.32. The average Bonchev–Trinajstić information content (AvgIpc) is 2.63. The Kier molecular flexibility index (Phi) is 2.86. The summed E-state index contributed by atoms with van der Waals surface area (Å²) in [4.78, 5) is 11.6. The van der Waals surface area contributed by atoms with Gasteiger partial charge in [0.25, 0.3) is 5.91 Å². The Balaban J connectivity index is 2.20. The molecular formula is C11H9F2N3O. The monoisotopic (exact) mass is 237 g/mol. The van der Waals surface area contributed by atoms with Crippen molar-refractivity contribution in [2.45, 2.75) is 0 Å². The van der Waals surface area contributed by atoms with Crippen molar-refractivity contribution in [1.29, 1.82) is 0 Å². The van der Waals surface area contributed by atoms with Crippen LogP contribution in [0.3, 0.4) is 0 Å². The van der Waals surface area contributed by atoms with Crippen molar-refractivity contribution in [2.24, 2.45) is 7.05 Å². The minimum Gasteiger partial charge on any atom is -0.319 e. The number of hydrogen-bond donors (Lipinski definition) is 1. The summed E-state index contributed by atoms with van der Waals surface area (Å²) in [6, 6.07) is 2.79. The molecule has 17 heavy (non-hydrogen) atoms. The lowest BCUT2D eigenvalue weighted by Crippen LogP contribution is -2.13. The average molecular weight is 237 g/mol. The fourth-order valence-electron chi connectivity index (χ4n) is 1.36. The van der Waals surface area contributed by atoms with Gasteiger partial charge in [-0.2, -0.15) is 5.10 Å². The van der Waals surface area contributed by atoms with Crippen molar-refractivity contribution < 1.29 is 13.6 Å². The quantitative estimate of drug-likeness (QED) is 0.867. The van der Waals surface area contributed by atoms with Crippen molar-refractivity contribution in [2.75, 3.05) is 5.32 Å². The predicted octanol–water partition coefficient (Wildman–Crippen LogP) is 1.95. The summed E-state index contributed by atoms with van der Waals surface area (Å²) < 4.78 is 27.4. The second-order valence-electron chi connectivity index (χ2n) is 3.48. The van der Waals surface area contributed by atoms with Crippen LogP contribution >= 0.6 is 0 Å². The fraction of sp³-hybridized carbons (Fsp3) is 0.0909. The van der Waals surface area contributed by atoms with Crippen molar-refractivity contribution in [3.8, 4) is 0 Å². The van der Waals surface area contributed by atoms with Gasteiger partial charge in [0.1, 0.15) is 11.6 Å². The van der Waals surface area contributed by atoms with E-state index in [4.69, 9.17) is 0 Å². The Morgan fingerprint density at radius 1 is 1.41 bits per heavy atom. The molecule has 0 spiro atoms. The first kappa shape index (κ1) is 11.3. The van der Waals surface area contributed by atoms with Crippen molar-refractivity contribution in [1.82, 2.24) is 9.78 Å². The van der Waals surface area contributed by atoms with Crippen molar-refractivity contribution in [3.63, 3.8) is 0 Å². The molecule has 0 aliphatic carbocycles. The standard InChI is InChI=1S/C11H9F2N3O/c1-16-6-8(5-14-16)15-11(17)9-3-2-7(12)4-10(9)13/h2-6H,1H3,(H,15,17). The van der Waals surface area contributed by atoms with Gasteiger partial charge in [-0.15, -0.1) is 0 Å². The molecule has 0 aliphatic heterocycles. The highest BCUT2D eigenvalue weighted by Gasteiger charge is 2.13. The van der Waals surface area contributed by atoms with E-state index < -0.39 is 17.5 Å². The lowest BCUT2D eigenvalue weighted by molar-refractivity contribution is 0.102. The number of carbonyl (C=O) groups is 1. The zero-order chi connectivity index (χ0) is 12.4. The molecule has 1 N–H and O–H groups in total. The summed E-state index contributed by atoms with van der Waals surface area (Å²) in [6.45, 7) is 0. The number of aromatic nitrogens is 2. The van der Waals surface area contributed by atoms with Gasteiger partial charge in [0.2, 0.25) is 0 Å². The van der Waals surface area contributed by atoms with E-state index in [0.717, 1.165) is 12.1 Å². The zero-order valence-electron chi connectivity index (χ0n) is 8.95. The Bertz CT molecular complexity index is 566. The number of aryl methyl sites for hydroxylation is 1. The highest BCUT2D eigenvalue weighted by atomic mass is 19.1. The van der Waals surface area contributed by atoms with Crippen LogP contribution in [0.2, 0.25) is 0 Å². The summed E-state index contributed by atoms with van der Waals surface area (Å²) in [5.74, 6) is -2.26. The largest absolute Gasteiger partial charge is 0.319 e. The van der Waals surface area contributed by atoms with Gasteiger partial charge in [-0.05, 0) is 12.1 Å². The number of rotatable bonds is 2. The van der Waals surface area contributed by atoms with E-state index >= 15 is 0 Å². The van der Waals surface area contributed by atoms with E-state index in [-0.39, 0.29) is 5.56 Å². The highest BCUT2D eigenvalue weighted by Crippen LogP contribution is 2.12. The maximum absolute atomic E-state index is 13.3. The van der Waals surface area contributed by atoms with Gasteiger partial charge in [0.15, 0.2) is 0 Å². The topological polar surface area (TPSA) is 46.9 Å². The number of amides is 1. The SMILES string of the molecule is Cn1cc(NC(=O)c2ccc(F)cc2F)cn1. The molecule has 6 heteroatoms. The third-order valence-corrected chi connectivity index (χ3v) is 2.14. The van der Waals surface area contributed by atoms with Crippen LogP contribution in [0, 0.1) is 11.6 Å². The zero-order valence-corrected chi connectivity index (χ0v) is 8.95. The molecule has 4 nitrogen and oxygen atoms in total. The van der Waals surface area contributed by atoms with E-state index in [9.17, 15) is 13.6 Å². The minimum absolute atomic E-state index is 0.213. The van der Waals surface area contributed by atoms with E-state index in [1.807, 2.05) is 0 Å². The maximum Gasteiger partial charge on any atom is 0.258 e. The first-order valence-electron chi connectivity index (χ1n) is 4.81. The first-order chi connectivity index (χ1) is 8.06. The lowest BCUT2D eigenvalue weighted by Gasteiger charge is -2.03. The number of nitrogens with one attached hydrogen (secondary N) is 1. The minimum atomic E-state index is -0.897. The van der Waals surface area contributed by atoms with Crippen LogP contribution in [0.1, 0.15) is 10.4 Å². The molecule has 0 radical (unpaired) electrons. The number of anilines is 1. The second-order valence-corrected chi connectivity index (χ2v) is 3.48. The van der Waals surface area contributed by atoms with Gasteiger partial charge in [0, 0.05) is 19.3 Å². The van der Waals surface area contributed by atoms with Gasteiger partial charge in [-0.25, -0.2) is 8.78 Å². The maximum atomic E-state index is 13.3. The van der Waals surface area contributed by atoms with Gasteiger partial charge in [-0.1, -0.05) is 0 Å². The molecule has 1 aromatic heterocycles. The lowest BCUT2D eigenvalue weighted by atomic mass is 10.2. The van der Waals surface area contributed by atoms with E-state index in [0.29, 0.717) is 11.8 Å². The molecule has 88 valence electrons. The number of benzene rings is 1. The van der Waals surface area contributed by atoms with Crippen molar-refractivity contribution in [3.05, 3.63) is 47.8 Å². The van der Waals surface area contributed by atoms with Gasteiger partial charge >= 0.3 is 0 Å². The number of halogens is 2. The van der Waals surface area contributed by atoms with E-state index in [1.54, 1.807) is 13.2 Å². The molecule has 0 unspecified atom stereocenters. The fourth-order valence-corrected chi connectivity index (χ4v) is 1.36. The van der Waals surface area contributed by atoms with Crippen LogP contribution in [0.15, 0.2) is 30.6 Å². The molecule has 0 saturated carbocycles. The molecule has 0 atom stereocenters. The van der Waals surface area contributed by atoms with E-state index in [1.165, 1.54) is 10.9 Å². The Labute approximate surface area is 95.9 Å². The number of hydrogen-bond acceptors (Lipinski definition) is 2. The molecule has 2 rings (SSSR count). The van der Waals surface area contributed by atoms with Gasteiger partial charge in [0.05, 0.1) is 17.4 Å². The Hall–Kier alpha value is -2.24. The summed E-state index contributed by atoms with van der Waals surface area (Å²) in [5, 5.41) is 6.30. The Morgan fingerprint density at radius 2 is 2.18 bits per heavy atom. The third kappa shape index (κ3) is 2.47. The molecule has 0 aliphatic rings.